The van der Waals surface area contributed by atoms with Crippen molar-refractivity contribution in [3.05, 3.63) is 101 Å². The number of carbonyl (C=O) groups is 2. The minimum Gasteiger partial charge on any atom is -0.290 e. The lowest BCUT2D eigenvalue weighted by atomic mass is 10.0. The van der Waals surface area contributed by atoms with Crippen molar-refractivity contribution in [2.75, 3.05) is 10.6 Å². The molecule has 50 heavy (non-hydrogen) atoms. The molecule has 4 rings (SSSR count). The number of anilines is 2. The predicted octanol–water partition coefficient (Wildman–Crippen LogP) is 11.4. The van der Waals surface area contributed by atoms with Crippen LogP contribution in [0.3, 0.4) is 0 Å². The highest BCUT2D eigenvalue weighted by atomic mass is 16.2. The molecular weight excluding hydrogens is 619 g/mol. The minimum absolute atomic E-state index is 0.0721. The maximum Gasteiger partial charge on any atom is 0.258 e. The molecule has 0 aliphatic heterocycles. The van der Waals surface area contributed by atoms with Crippen molar-refractivity contribution in [3.63, 3.8) is 0 Å². The molecule has 7 heteroatoms. The molecule has 1 heterocycles. The standard InChI is InChI=1S/C43H57N5O2/c1-3-5-7-9-11-13-15-18-22-34-26-30-37(31-27-34)40(49)46-42-44-39(36-24-20-17-21-25-36)45-43(48-42)47-41(50)38-32-28-35(29-33-38)23-19-16-14-12-10-8-6-4-2/h17,20-21,24-33H,3-16,18-19,22-23H2,1-2H3,(H2,44,45,46,47,48,49,50). The molecule has 3 aromatic carbocycles. The van der Waals surface area contributed by atoms with Crippen LogP contribution in [0.1, 0.15) is 148 Å². The number of amides is 2. The Kier molecular flexibility index (Phi) is 17.2. The summed E-state index contributed by atoms with van der Waals surface area (Å²) in [5.41, 5.74) is 4.24. The molecule has 0 radical (unpaired) electrons. The third-order valence-electron chi connectivity index (χ3n) is 9.19. The van der Waals surface area contributed by atoms with Gasteiger partial charge in [-0.1, -0.05) is 158 Å². The highest BCUT2D eigenvalue weighted by molar-refractivity contribution is 6.04. The van der Waals surface area contributed by atoms with Crippen LogP contribution in [0.25, 0.3) is 11.4 Å². The molecule has 0 bridgehead atoms. The number of hydrogen-bond donors (Lipinski definition) is 2. The summed E-state index contributed by atoms with van der Waals surface area (Å²) < 4.78 is 0. The number of benzene rings is 3. The Morgan fingerprint density at radius 3 is 1.24 bits per heavy atom. The molecule has 0 atom stereocenters. The van der Waals surface area contributed by atoms with Crippen LogP contribution in [-0.2, 0) is 12.8 Å². The Labute approximate surface area is 300 Å². The molecule has 0 fully saturated rings. The van der Waals surface area contributed by atoms with Gasteiger partial charge in [0.2, 0.25) is 11.9 Å². The topological polar surface area (TPSA) is 96.9 Å². The van der Waals surface area contributed by atoms with Gasteiger partial charge in [-0.25, -0.2) is 0 Å². The molecule has 266 valence electrons. The molecule has 0 aliphatic rings. The summed E-state index contributed by atoms with van der Waals surface area (Å²) in [6.45, 7) is 4.50. The Morgan fingerprint density at radius 2 is 0.840 bits per heavy atom. The summed E-state index contributed by atoms with van der Waals surface area (Å²) >= 11 is 0. The lowest BCUT2D eigenvalue weighted by molar-refractivity contribution is 0.101. The largest absolute Gasteiger partial charge is 0.290 e. The van der Waals surface area contributed by atoms with Gasteiger partial charge in [0.15, 0.2) is 5.82 Å². The third-order valence-corrected chi connectivity index (χ3v) is 9.19. The van der Waals surface area contributed by atoms with Crippen molar-refractivity contribution in [1.82, 2.24) is 15.0 Å². The number of hydrogen-bond acceptors (Lipinski definition) is 5. The lowest BCUT2D eigenvalue weighted by Gasteiger charge is -2.10. The van der Waals surface area contributed by atoms with Gasteiger partial charge >= 0.3 is 0 Å². The van der Waals surface area contributed by atoms with Crippen LogP contribution in [0, 0.1) is 0 Å². The van der Waals surface area contributed by atoms with Gasteiger partial charge in [-0.3, -0.25) is 20.2 Å². The molecule has 2 amide bonds. The van der Waals surface area contributed by atoms with Gasteiger partial charge in [-0.05, 0) is 61.1 Å². The van der Waals surface area contributed by atoms with Gasteiger partial charge in [-0.2, -0.15) is 15.0 Å². The van der Waals surface area contributed by atoms with Crippen LogP contribution >= 0.6 is 0 Å². The summed E-state index contributed by atoms with van der Waals surface area (Å²) in [6, 6.07) is 24.9. The van der Waals surface area contributed by atoms with Crippen LogP contribution in [0.4, 0.5) is 11.9 Å². The number of unbranched alkanes of at least 4 members (excludes halogenated alkanes) is 14. The van der Waals surface area contributed by atoms with E-state index in [-0.39, 0.29) is 23.7 Å². The van der Waals surface area contributed by atoms with Crippen molar-refractivity contribution in [2.24, 2.45) is 0 Å². The molecule has 2 N–H and O–H groups in total. The average Bonchev–Trinajstić information content (AvgIpc) is 3.14. The maximum absolute atomic E-state index is 13.2. The number of aromatic nitrogens is 3. The van der Waals surface area contributed by atoms with Gasteiger partial charge in [-0.15, -0.1) is 0 Å². The molecule has 4 aromatic rings. The van der Waals surface area contributed by atoms with Crippen LogP contribution in [0.15, 0.2) is 78.9 Å². The number of rotatable bonds is 23. The van der Waals surface area contributed by atoms with E-state index in [4.69, 9.17) is 0 Å². The summed E-state index contributed by atoms with van der Waals surface area (Å²) in [6.07, 6.45) is 22.6. The second-order valence-electron chi connectivity index (χ2n) is 13.4. The van der Waals surface area contributed by atoms with E-state index < -0.39 is 0 Å². The fraction of sp³-hybridized carbons (Fsp3) is 0.465. The van der Waals surface area contributed by atoms with Gasteiger partial charge in [0.05, 0.1) is 0 Å². The molecule has 7 nitrogen and oxygen atoms in total. The van der Waals surface area contributed by atoms with E-state index in [9.17, 15) is 9.59 Å². The van der Waals surface area contributed by atoms with Crippen molar-refractivity contribution >= 4 is 23.7 Å². The summed E-state index contributed by atoms with van der Waals surface area (Å²) in [7, 11) is 0. The number of nitrogens with one attached hydrogen (secondary N) is 2. The molecule has 0 aliphatic carbocycles. The fourth-order valence-corrected chi connectivity index (χ4v) is 6.12. The van der Waals surface area contributed by atoms with E-state index in [0.717, 1.165) is 31.2 Å². The Bertz CT molecular complexity index is 1460. The van der Waals surface area contributed by atoms with E-state index in [1.807, 2.05) is 78.9 Å². The van der Waals surface area contributed by atoms with Gasteiger partial charge in [0.25, 0.3) is 11.8 Å². The van der Waals surface area contributed by atoms with Crippen molar-refractivity contribution in [3.8, 4) is 11.4 Å². The second kappa shape index (κ2) is 22.4. The van der Waals surface area contributed by atoms with Crippen LogP contribution in [0.2, 0.25) is 0 Å². The highest BCUT2D eigenvalue weighted by Gasteiger charge is 2.15. The van der Waals surface area contributed by atoms with Gasteiger partial charge < -0.3 is 0 Å². The number of carbonyl (C=O) groups excluding carboxylic acids is 2. The maximum atomic E-state index is 13.2. The smallest absolute Gasteiger partial charge is 0.258 e. The first-order valence-electron chi connectivity index (χ1n) is 19.2. The van der Waals surface area contributed by atoms with E-state index in [1.165, 1.54) is 101 Å². The third kappa shape index (κ3) is 13.9. The van der Waals surface area contributed by atoms with E-state index in [0.29, 0.717) is 17.0 Å². The average molecular weight is 676 g/mol. The molecule has 0 unspecified atom stereocenters. The summed E-state index contributed by atoms with van der Waals surface area (Å²) in [4.78, 5) is 39.9. The first-order valence-corrected chi connectivity index (χ1v) is 19.2. The number of nitrogens with zero attached hydrogens (tertiary/aromatic N) is 3. The highest BCUT2D eigenvalue weighted by Crippen LogP contribution is 2.20. The zero-order valence-electron chi connectivity index (χ0n) is 30.4. The van der Waals surface area contributed by atoms with E-state index >= 15 is 0 Å². The monoisotopic (exact) mass is 675 g/mol. The SMILES string of the molecule is CCCCCCCCCCc1ccc(C(=O)Nc2nc(NC(=O)c3ccc(CCCCCCCCCC)cc3)nc(-c3ccccc3)n2)cc1. The molecule has 0 saturated carbocycles. The minimum atomic E-state index is -0.321. The Hall–Kier alpha value is -4.39. The van der Waals surface area contributed by atoms with E-state index in [1.54, 1.807) is 0 Å². The summed E-state index contributed by atoms with van der Waals surface area (Å²) in [5, 5.41) is 5.64. The van der Waals surface area contributed by atoms with Crippen molar-refractivity contribution < 1.29 is 9.59 Å². The van der Waals surface area contributed by atoms with Crippen molar-refractivity contribution in [1.29, 1.82) is 0 Å². The zero-order chi connectivity index (χ0) is 35.2. The Morgan fingerprint density at radius 1 is 0.460 bits per heavy atom. The second-order valence-corrected chi connectivity index (χ2v) is 13.4. The van der Waals surface area contributed by atoms with Crippen LogP contribution in [-0.4, -0.2) is 26.8 Å². The number of aryl methyl sites for hydroxylation is 2. The molecule has 1 aromatic heterocycles. The Balaban J connectivity index is 1.32. The fourth-order valence-electron chi connectivity index (χ4n) is 6.12. The van der Waals surface area contributed by atoms with E-state index in [2.05, 4.69) is 39.4 Å². The predicted molar refractivity (Wildman–Crippen MR) is 207 cm³/mol. The normalized spacial score (nSPS) is 11.0. The van der Waals surface area contributed by atoms with Crippen LogP contribution < -0.4 is 10.6 Å². The molecule has 0 spiro atoms. The van der Waals surface area contributed by atoms with Gasteiger partial charge in [0, 0.05) is 16.7 Å². The molecule has 0 saturated heterocycles. The summed E-state index contributed by atoms with van der Waals surface area (Å²) in [5.74, 6) is -0.144. The zero-order valence-corrected chi connectivity index (χ0v) is 30.4. The lowest BCUT2D eigenvalue weighted by Crippen LogP contribution is -2.18. The van der Waals surface area contributed by atoms with Gasteiger partial charge in [0.1, 0.15) is 0 Å². The van der Waals surface area contributed by atoms with Crippen LogP contribution in [0.5, 0.6) is 0 Å². The first-order chi connectivity index (χ1) is 24.6. The molecular formula is C43H57N5O2. The quantitative estimate of drug-likeness (QED) is 0.0763. The van der Waals surface area contributed by atoms with Crippen molar-refractivity contribution in [2.45, 2.75) is 129 Å². The first kappa shape index (κ1) is 38.4.